The predicted molar refractivity (Wildman–Crippen MR) is 126 cm³/mol. The Morgan fingerprint density at radius 2 is 1.17 bits per heavy atom. The van der Waals surface area contributed by atoms with Crippen LogP contribution in [0.15, 0.2) is 18.2 Å². The molecule has 0 unspecified atom stereocenters. The van der Waals surface area contributed by atoms with Gasteiger partial charge in [0.2, 0.25) is 0 Å². The van der Waals surface area contributed by atoms with E-state index < -0.39 is 8.80 Å². The van der Waals surface area contributed by atoms with Crippen LogP contribution in [0.2, 0.25) is 0 Å². The second-order valence-electron chi connectivity index (χ2n) is 8.71. The molecule has 0 N–H and O–H groups in total. The molecule has 1 rings (SSSR count). The minimum absolute atomic E-state index is 0.312. The van der Waals surface area contributed by atoms with Gasteiger partial charge in [0, 0.05) is 19.8 Å². The van der Waals surface area contributed by atoms with E-state index in [1.165, 1.54) is 0 Å². The van der Waals surface area contributed by atoms with Crippen molar-refractivity contribution in [2.24, 2.45) is 0 Å². The van der Waals surface area contributed by atoms with Crippen LogP contribution in [0.1, 0.15) is 88.0 Å². The van der Waals surface area contributed by atoms with Gasteiger partial charge in [0.25, 0.3) is 0 Å². The molecule has 0 fully saturated rings. The molecule has 6 heteroatoms. The third-order valence-electron chi connectivity index (χ3n) is 4.78. The van der Waals surface area contributed by atoms with Gasteiger partial charge >= 0.3 is 8.80 Å². The fourth-order valence-electron chi connectivity index (χ4n) is 3.75. The maximum Gasteiger partial charge on any atom is 0.541 e. The summed E-state index contributed by atoms with van der Waals surface area (Å²) in [5.74, 6) is 1.40. The van der Waals surface area contributed by atoms with Crippen LogP contribution >= 0.6 is 0 Å². The normalized spacial score (nSPS) is 12.8. The van der Waals surface area contributed by atoms with Crippen molar-refractivity contribution in [3.05, 3.63) is 18.2 Å². The summed E-state index contributed by atoms with van der Waals surface area (Å²) in [5.41, 5.74) is -0.671. The van der Waals surface area contributed by atoms with Crippen LogP contribution in [-0.2, 0) is 13.3 Å². The topological polar surface area (TPSA) is 46.2 Å². The number of ether oxygens (including phenoxy) is 2. The zero-order valence-corrected chi connectivity index (χ0v) is 21.7. The average Bonchev–Trinajstić information content (AvgIpc) is 2.63. The highest BCUT2D eigenvalue weighted by Crippen LogP contribution is 2.35. The molecule has 0 aliphatic heterocycles. The largest absolute Gasteiger partial charge is 0.541 e. The third-order valence-corrected chi connectivity index (χ3v) is 7.84. The molecule has 0 aliphatic carbocycles. The first-order chi connectivity index (χ1) is 14.1. The molecule has 1 aromatic rings. The van der Waals surface area contributed by atoms with E-state index in [0.29, 0.717) is 31.3 Å². The molecule has 30 heavy (non-hydrogen) atoms. The number of para-hydroxylation sites is 1. The van der Waals surface area contributed by atoms with Gasteiger partial charge in [-0.25, -0.2) is 0 Å². The molecule has 0 bridgehead atoms. The van der Waals surface area contributed by atoms with Crippen LogP contribution in [-0.4, -0.2) is 39.8 Å². The van der Waals surface area contributed by atoms with Gasteiger partial charge in [0.15, 0.2) is 11.5 Å². The van der Waals surface area contributed by atoms with Gasteiger partial charge in [0.1, 0.15) is 11.2 Å². The van der Waals surface area contributed by atoms with Gasteiger partial charge in [-0.3, -0.25) is 0 Å². The summed E-state index contributed by atoms with van der Waals surface area (Å²) in [7, 11) is -3.17. The lowest BCUT2D eigenvalue weighted by atomic mass is 10.0. The first kappa shape index (κ1) is 27.0. The van der Waals surface area contributed by atoms with Crippen LogP contribution in [0.3, 0.4) is 0 Å². The Balaban J connectivity index is 3.64. The van der Waals surface area contributed by atoms with Crippen molar-refractivity contribution in [3.8, 4) is 11.5 Å². The van der Waals surface area contributed by atoms with Crippen molar-refractivity contribution in [2.75, 3.05) is 19.8 Å². The zero-order chi connectivity index (χ0) is 22.8. The Hall–Kier alpha value is -1.08. The van der Waals surface area contributed by atoms with E-state index in [2.05, 4.69) is 41.5 Å². The summed E-state index contributed by atoms with van der Waals surface area (Å²) in [6, 6.07) is 5.96. The lowest BCUT2D eigenvalue weighted by molar-refractivity contribution is 0.0631. The van der Waals surface area contributed by atoms with E-state index in [1.54, 1.807) is 0 Å². The first-order valence-electron chi connectivity index (χ1n) is 11.5. The Morgan fingerprint density at radius 3 is 1.60 bits per heavy atom. The minimum atomic E-state index is -3.17. The van der Waals surface area contributed by atoms with Gasteiger partial charge in [-0.1, -0.05) is 38.8 Å². The molecule has 0 spiro atoms. The molecule has 0 atom stereocenters. The van der Waals surface area contributed by atoms with Gasteiger partial charge in [-0.2, -0.15) is 0 Å². The van der Waals surface area contributed by atoms with Crippen molar-refractivity contribution < 1.29 is 22.8 Å². The Morgan fingerprint density at radius 1 is 0.700 bits per heavy atom. The lowest BCUT2D eigenvalue weighted by Crippen LogP contribution is -2.57. The monoisotopic (exact) mass is 440 g/mol. The third kappa shape index (κ3) is 7.56. The smallest absolute Gasteiger partial charge is 0.484 e. The van der Waals surface area contributed by atoms with Gasteiger partial charge < -0.3 is 22.8 Å². The van der Waals surface area contributed by atoms with Crippen molar-refractivity contribution in [1.29, 1.82) is 0 Å². The number of rotatable bonds is 15. The Kier molecular flexibility index (Phi) is 10.9. The van der Waals surface area contributed by atoms with Crippen LogP contribution in [0, 0.1) is 0 Å². The highest BCUT2D eigenvalue weighted by molar-refractivity contribution is 6.76. The maximum atomic E-state index is 6.64. The van der Waals surface area contributed by atoms with Gasteiger partial charge in [-0.15, -0.1) is 0 Å². The average molecular weight is 441 g/mol. The van der Waals surface area contributed by atoms with Crippen molar-refractivity contribution in [3.63, 3.8) is 0 Å². The maximum absolute atomic E-state index is 6.64. The molecule has 5 nitrogen and oxygen atoms in total. The van der Waals surface area contributed by atoms with Crippen molar-refractivity contribution >= 4 is 14.0 Å². The predicted octanol–water partition coefficient (Wildman–Crippen LogP) is 5.86. The molecule has 0 heterocycles. The molecule has 1 aromatic carbocycles. The quantitative estimate of drug-likeness (QED) is 0.320. The summed E-state index contributed by atoms with van der Waals surface area (Å²) in [5, 5.41) is 0.835. The summed E-state index contributed by atoms with van der Waals surface area (Å²) in [6.07, 6.45) is 3.93. The number of hydrogen-bond donors (Lipinski definition) is 0. The van der Waals surface area contributed by atoms with E-state index in [4.69, 9.17) is 22.8 Å². The molecular formula is C24H44O5Si. The number of benzene rings is 1. The van der Waals surface area contributed by atoms with Crippen LogP contribution in [0.25, 0.3) is 0 Å². The highest BCUT2D eigenvalue weighted by Gasteiger charge is 2.47. The molecule has 0 saturated heterocycles. The van der Waals surface area contributed by atoms with Crippen LogP contribution in [0.4, 0.5) is 0 Å². The highest BCUT2D eigenvalue weighted by atomic mass is 28.4. The van der Waals surface area contributed by atoms with Crippen molar-refractivity contribution in [2.45, 2.75) is 99.2 Å². The van der Waals surface area contributed by atoms with E-state index >= 15 is 0 Å². The molecule has 0 aromatic heterocycles. The van der Waals surface area contributed by atoms with Gasteiger partial charge in [0.05, 0.1) is 5.19 Å². The Bertz CT molecular complexity index is 613. The summed E-state index contributed by atoms with van der Waals surface area (Å²) in [4.78, 5) is 0. The van der Waals surface area contributed by atoms with Crippen molar-refractivity contribution in [1.82, 2.24) is 0 Å². The first-order valence-corrected chi connectivity index (χ1v) is 13.3. The summed E-state index contributed by atoms with van der Waals surface area (Å²) >= 11 is 0. The van der Waals surface area contributed by atoms with Crippen LogP contribution < -0.4 is 14.7 Å². The SMILES string of the molecule is CCCC(C)(C)Oc1cccc([Si](OCC)(OCC)OCC)c1OC(C)(C)CCC. The Labute approximate surface area is 185 Å². The van der Waals surface area contributed by atoms with Gasteiger partial charge in [-0.05, 0) is 67.4 Å². The number of hydrogen-bond acceptors (Lipinski definition) is 5. The molecule has 174 valence electrons. The minimum Gasteiger partial charge on any atom is -0.484 e. The molecule has 0 radical (unpaired) electrons. The second-order valence-corrected chi connectivity index (χ2v) is 11.2. The molecule has 0 amide bonds. The zero-order valence-electron chi connectivity index (χ0n) is 20.7. The second kappa shape index (κ2) is 12.1. The fraction of sp³-hybridized carbons (Fsp3) is 0.750. The summed E-state index contributed by atoms with van der Waals surface area (Å²) < 4.78 is 31.8. The molecule has 0 saturated carbocycles. The van der Waals surface area contributed by atoms with E-state index in [9.17, 15) is 0 Å². The molecular weight excluding hydrogens is 396 g/mol. The standard InChI is InChI=1S/C24H44O5Si/c1-10-18-23(6,7)28-20-16-15-17-21(22(20)29-24(8,9)19-11-2)30(25-12-3,26-13-4)27-14-5/h15-17H,10-14,18-19H2,1-9H3. The van der Waals surface area contributed by atoms with E-state index in [-0.39, 0.29) is 11.2 Å². The van der Waals surface area contributed by atoms with E-state index in [0.717, 1.165) is 30.9 Å². The molecule has 0 aliphatic rings. The summed E-state index contributed by atoms with van der Waals surface area (Å²) in [6.45, 7) is 20.2. The lowest BCUT2D eigenvalue weighted by Gasteiger charge is -2.35. The fourth-order valence-corrected chi connectivity index (χ4v) is 6.36. The van der Waals surface area contributed by atoms with E-state index in [1.807, 2.05) is 39.0 Å². The van der Waals surface area contributed by atoms with Crippen LogP contribution in [0.5, 0.6) is 11.5 Å².